The Bertz CT molecular complexity index is 165. The van der Waals surface area contributed by atoms with E-state index in [2.05, 4.69) is 25.7 Å². The molecular formula is C11H23NO2. The van der Waals surface area contributed by atoms with Crippen LogP contribution in [-0.2, 0) is 0 Å². The predicted molar refractivity (Wildman–Crippen MR) is 57.1 cm³/mol. The third-order valence-electron chi connectivity index (χ3n) is 2.62. The molecule has 0 radical (unpaired) electrons. The molecule has 0 aliphatic carbocycles. The highest BCUT2D eigenvalue weighted by Gasteiger charge is 2.24. The molecule has 84 valence electrons. The molecule has 2 atom stereocenters. The van der Waals surface area contributed by atoms with E-state index < -0.39 is 12.2 Å². The molecule has 2 unspecified atom stereocenters. The van der Waals surface area contributed by atoms with Crippen molar-refractivity contribution >= 4 is 0 Å². The molecule has 1 fully saturated rings. The van der Waals surface area contributed by atoms with Gasteiger partial charge in [0.1, 0.15) is 0 Å². The van der Waals surface area contributed by atoms with Gasteiger partial charge in [-0.15, -0.1) is 0 Å². The van der Waals surface area contributed by atoms with Crippen molar-refractivity contribution in [2.24, 2.45) is 5.41 Å². The summed E-state index contributed by atoms with van der Waals surface area (Å²) in [5.41, 5.74) is 0.292. The minimum Gasteiger partial charge on any atom is -0.390 e. The van der Waals surface area contributed by atoms with Crippen molar-refractivity contribution in [3.63, 3.8) is 0 Å². The van der Waals surface area contributed by atoms with E-state index in [0.29, 0.717) is 18.3 Å². The van der Waals surface area contributed by atoms with Gasteiger partial charge in [-0.05, 0) is 18.3 Å². The lowest BCUT2D eigenvalue weighted by molar-refractivity contribution is 0.0187. The zero-order valence-electron chi connectivity index (χ0n) is 9.53. The first-order valence-electron chi connectivity index (χ1n) is 5.47. The van der Waals surface area contributed by atoms with Crippen LogP contribution in [0.25, 0.3) is 0 Å². The largest absolute Gasteiger partial charge is 0.390 e. The summed E-state index contributed by atoms with van der Waals surface area (Å²) in [6, 6.07) is 0. The van der Waals surface area contributed by atoms with Gasteiger partial charge in [-0.25, -0.2) is 0 Å². The van der Waals surface area contributed by atoms with Crippen LogP contribution in [0.4, 0.5) is 0 Å². The molecule has 1 saturated heterocycles. The average Bonchev–Trinajstić information content (AvgIpc) is 2.17. The van der Waals surface area contributed by atoms with E-state index in [1.165, 1.54) is 0 Å². The summed E-state index contributed by atoms with van der Waals surface area (Å²) in [5.74, 6) is 0. The predicted octanol–water partition coefficient (Wildman–Crippen LogP) is 0.850. The molecule has 14 heavy (non-hydrogen) atoms. The van der Waals surface area contributed by atoms with Gasteiger partial charge in [-0.3, -0.25) is 0 Å². The van der Waals surface area contributed by atoms with Gasteiger partial charge in [0.2, 0.25) is 0 Å². The Hall–Kier alpha value is -0.120. The fourth-order valence-corrected chi connectivity index (χ4v) is 1.96. The van der Waals surface area contributed by atoms with Crippen LogP contribution in [0.3, 0.4) is 0 Å². The first-order valence-corrected chi connectivity index (χ1v) is 5.47. The molecule has 1 rings (SSSR count). The first kappa shape index (κ1) is 12.0. The van der Waals surface area contributed by atoms with E-state index in [0.717, 1.165) is 19.6 Å². The van der Waals surface area contributed by atoms with Crippen molar-refractivity contribution in [3.8, 4) is 0 Å². The SMILES string of the molecule is CC(C)(C)CN1CCC(O)C(O)CC1. The Labute approximate surface area is 86.7 Å². The van der Waals surface area contributed by atoms with Gasteiger partial charge in [-0.1, -0.05) is 20.8 Å². The number of hydrogen-bond acceptors (Lipinski definition) is 3. The minimum absolute atomic E-state index is 0.292. The van der Waals surface area contributed by atoms with Crippen LogP contribution < -0.4 is 0 Å². The van der Waals surface area contributed by atoms with E-state index in [4.69, 9.17) is 0 Å². The van der Waals surface area contributed by atoms with Crippen LogP contribution in [0, 0.1) is 5.41 Å². The molecule has 0 saturated carbocycles. The maximum atomic E-state index is 9.50. The minimum atomic E-state index is -0.528. The lowest BCUT2D eigenvalue weighted by Crippen LogP contribution is -2.33. The number of nitrogens with zero attached hydrogens (tertiary/aromatic N) is 1. The van der Waals surface area contributed by atoms with Gasteiger partial charge in [0.05, 0.1) is 12.2 Å². The van der Waals surface area contributed by atoms with E-state index in [9.17, 15) is 10.2 Å². The maximum absolute atomic E-state index is 9.50. The number of aliphatic hydroxyl groups excluding tert-OH is 2. The molecule has 0 spiro atoms. The van der Waals surface area contributed by atoms with Gasteiger partial charge < -0.3 is 15.1 Å². The molecule has 0 aromatic carbocycles. The molecule has 0 amide bonds. The van der Waals surface area contributed by atoms with Crippen molar-refractivity contribution in [1.82, 2.24) is 4.90 Å². The van der Waals surface area contributed by atoms with E-state index in [1.54, 1.807) is 0 Å². The van der Waals surface area contributed by atoms with Crippen molar-refractivity contribution in [2.45, 2.75) is 45.8 Å². The Morgan fingerprint density at radius 3 is 1.86 bits per heavy atom. The van der Waals surface area contributed by atoms with Crippen LogP contribution in [-0.4, -0.2) is 47.0 Å². The fraction of sp³-hybridized carbons (Fsp3) is 1.00. The van der Waals surface area contributed by atoms with Gasteiger partial charge in [0.15, 0.2) is 0 Å². The molecular weight excluding hydrogens is 178 g/mol. The van der Waals surface area contributed by atoms with Gasteiger partial charge in [0.25, 0.3) is 0 Å². The summed E-state index contributed by atoms with van der Waals surface area (Å²) in [5, 5.41) is 19.0. The Morgan fingerprint density at radius 1 is 1.07 bits per heavy atom. The van der Waals surface area contributed by atoms with Crippen LogP contribution >= 0.6 is 0 Å². The second-order valence-electron chi connectivity index (χ2n) is 5.55. The number of likely N-dealkylation sites (tertiary alicyclic amines) is 1. The Balaban J connectivity index is 2.42. The third kappa shape index (κ3) is 3.95. The summed E-state index contributed by atoms with van der Waals surface area (Å²) in [6.45, 7) is 9.47. The molecule has 1 aliphatic heterocycles. The fourth-order valence-electron chi connectivity index (χ4n) is 1.96. The summed E-state index contributed by atoms with van der Waals surface area (Å²) in [6.07, 6.45) is 0.328. The molecule has 1 heterocycles. The van der Waals surface area contributed by atoms with Crippen molar-refractivity contribution < 1.29 is 10.2 Å². The molecule has 3 nitrogen and oxygen atoms in total. The lowest BCUT2D eigenvalue weighted by atomic mass is 9.96. The van der Waals surface area contributed by atoms with Crippen LogP contribution in [0.2, 0.25) is 0 Å². The monoisotopic (exact) mass is 201 g/mol. The van der Waals surface area contributed by atoms with Gasteiger partial charge in [-0.2, -0.15) is 0 Å². The van der Waals surface area contributed by atoms with Gasteiger partial charge in [0, 0.05) is 19.6 Å². The second-order valence-corrected chi connectivity index (χ2v) is 5.55. The van der Waals surface area contributed by atoms with Crippen LogP contribution in [0.5, 0.6) is 0 Å². The van der Waals surface area contributed by atoms with Crippen LogP contribution in [0.15, 0.2) is 0 Å². The van der Waals surface area contributed by atoms with E-state index in [-0.39, 0.29) is 0 Å². The highest BCUT2D eigenvalue weighted by atomic mass is 16.3. The number of hydrogen-bond donors (Lipinski definition) is 2. The number of aliphatic hydroxyl groups is 2. The normalized spacial score (nSPS) is 31.5. The topological polar surface area (TPSA) is 43.7 Å². The molecule has 0 aromatic rings. The molecule has 0 aromatic heterocycles. The second kappa shape index (κ2) is 4.60. The van der Waals surface area contributed by atoms with Crippen LogP contribution in [0.1, 0.15) is 33.6 Å². The van der Waals surface area contributed by atoms with Crippen molar-refractivity contribution in [1.29, 1.82) is 0 Å². The molecule has 3 heteroatoms. The number of rotatable bonds is 1. The highest BCUT2D eigenvalue weighted by Crippen LogP contribution is 2.19. The smallest absolute Gasteiger partial charge is 0.0811 e. The van der Waals surface area contributed by atoms with E-state index in [1.807, 2.05) is 0 Å². The quantitative estimate of drug-likeness (QED) is 0.661. The maximum Gasteiger partial charge on any atom is 0.0811 e. The first-order chi connectivity index (χ1) is 6.38. The molecule has 2 N–H and O–H groups in total. The highest BCUT2D eigenvalue weighted by molar-refractivity contribution is 4.78. The summed E-state index contributed by atoms with van der Waals surface area (Å²) < 4.78 is 0. The molecule has 0 bridgehead atoms. The summed E-state index contributed by atoms with van der Waals surface area (Å²) in [7, 11) is 0. The Kier molecular flexibility index (Phi) is 3.93. The summed E-state index contributed by atoms with van der Waals surface area (Å²) >= 11 is 0. The Morgan fingerprint density at radius 2 is 1.50 bits per heavy atom. The zero-order valence-corrected chi connectivity index (χ0v) is 9.53. The third-order valence-corrected chi connectivity index (χ3v) is 2.62. The molecule has 1 aliphatic rings. The van der Waals surface area contributed by atoms with Gasteiger partial charge >= 0.3 is 0 Å². The van der Waals surface area contributed by atoms with Crippen molar-refractivity contribution in [2.75, 3.05) is 19.6 Å². The average molecular weight is 201 g/mol. The lowest BCUT2D eigenvalue weighted by Gasteiger charge is -2.28. The zero-order chi connectivity index (χ0) is 10.8. The van der Waals surface area contributed by atoms with E-state index >= 15 is 0 Å². The summed E-state index contributed by atoms with van der Waals surface area (Å²) in [4.78, 5) is 2.33. The van der Waals surface area contributed by atoms with Crippen molar-refractivity contribution in [3.05, 3.63) is 0 Å². The standard InChI is InChI=1S/C11H23NO2/c1-11(2,3)8-12-6-4-9(13)10(14)5-7-12/h9-10,13-14H,4-8H2,1-3H3.